The smallest absolute Gasteiger partial charge is 0.133 e. The molecule has 3 aromatic heterocycles. The van der Waals surface area contributed by atoms with Crippen molar-refractivity contribution in [3.8, 4) is 11.8 Å². The number of fused-ring (bicyclic) bond motifs is 9. The number of para-hydroxylation sites is 2. The summed E-state index contributed by atoms with van der Waals surface area (Å²) < 4.78 is 7.49. The highest BCUT2D eigenvalue weighted by atomic mass is 15.3. The summed E-state index contributed by atoms with van der Waals surface area (Å²) in [5, 5.41) is 24.6. The number of aliphatic imine (C=N–C) groups is 1. The standard InChI is InChI=1S/C66H55N7/c1-41-29-31-58-51(33-41)52-34-42(2)30-32-59(52)72(58)63-38-60(73-57-28-15-13-26-50(57)54-37-53-49-25-12-14-27-56(49)71(61(53)39-62(54)73)48-23-10-5-11-24-48)47(40-67)36-55(63)66-69-64(44-19-8-4-9-20-44)68-65(70-66)46-22-16-21-45(35-46)43-17-6-3-7-18-43/h3-13,15-26,28-29,31,33-34,36-39,46-47,60,64-65,68H,14,27,30,32,35H2,1-2H3,(H,69,70). The molecule has 0 saturated carbocycles. The van der Waals surface area contributed by atoms with Crippen molar-refractivity contribution >= 4 is 72.9 Å². The average Bonchev–Trinajstić information content (AvgIpc) is 4.07. The SMILES string of the molecule is CC1=Cc2c(n(C3=CC(n4c5ccccc5c5cc6c7c(n(-c8ccccc8)c6cc54)CCC=C7)C(C#N)C=C3C3=NC(c4ccccc4)NC(C4C=CC=C(c5ccccc5)C4)N3)c3ccc(C)cc23)CC1. The lowest BCUT2D eigenvalue weighted by molar-refractivity contribution is 0.330. The van der Waals surface area contributed by atoms with Crippen LogP contribution in [0.4, 0.5) is 0 Å². The van der Waals surface area contributed by atoms with Gasteiger partial charge in [-0.3, -0.25) is 5.32 Å². The first kappa shape index (κ1) is 43.4. The third kappa shape index (κ3) is 7.15. The normalized spacial score (nSPS) is 21.5. The first-order valence-electron chi connectivity index (χ1n) is 26.0. The van der Waals surface area contributed by atoms with E-state index in [9.17, 15) is 5.26 Å². The van der Waals surface area contributed by atoms with Crippen molar-refractivity contribution in [3.63, 3.8) is 0 Å². The van der Waals surface area contributed by atoms with Gasteiger partial charge in [-0.05, 0) is 111 Å². The van der Waals surface area contributed by atoms with Gasteiger partial charge in [-0.2, -0.15) is 5.26 Å². The van der Waals surface area contributed by atoms with Crippen LogP contribution in [0.2, 0.25) is 0 Å². The maximum Gasteiger partial charge on any atom is 0.133 e. The van der Waals surface area contributed by atoms with Gasteiger partial charge >= 0.3 is 0 Å². The largest absolute Gasteiger partial charge is 0.354 e. The number of nitrogens with one attached hydrogen (secondary N) is 2. The molecule has 0 amide bonds. The Bertz CT molecular complexity index is 3990. The van der Waals surface area contributed by atoms with E-state index < -0.39 is 5.92 Å². The molecule has 354 valence electrons. The Morgan fingerprint density at radius 2 is 1.44 bits per heavy atom. The number of amidine groups is 1. The second-order valence-corrected chi connectivity index (χ2v) is 20.6. The molecule has 4 aliphatic carbocycles. The van der Waals surface area contributed by atoms with Gasteiger partial charge in [-0.1, -0.05) is 157 Å². The zero-order valence-electron chi connectivity index (χ0n) is 41.1. The molecule has 0 fully saturated rings. The van der Waals surface area contributed by atoms with Crippen molar-refractivity contribution in [3.05, 3.63) is 232 Å². The first-order valence-corrected chi connectivity index (χ1v) is 26.0. The van der Waals surface area contributed by atoms with Crippen LogP contribution in [0.15, 0.2) is 198 Å². The number of nitrogens with zero attached hydrogens (tertiary/aromatic N) is 5. The minimum Gasteiger partial charge on any atom is -0.354 e. The third-order valence-corrected chi connectivity index (χ3v) is 16.1. The molecular weight excluding hydrogens is 891 g/mol. The molecule has 7 heteroatoms. The van der Waals surface area contributed by atoms with Gasteiger partial charge in [-0.15, -0.1) is 0 Å². The molecule has 4 heterocycles. The third-order valence-electron chi connectivity index (χ3n) is 16.1. The maximum atomic E-state index is 11.7. The minimum atomic E-state index is -0.539. The minimum absolute atomic E-state index is 0.120. The number of aryl methyl sites for hydroxylation is 1. The highest BCUT2D eigenvalue weighted by Crippen LogP contribution is 2.46. The molecule has 0 radical (unpaired) electrons. The lowest BCUT2D eigenvalue weighted by Crippen LogP contribution is -2.55. The summed E-state index contributed by atoms with van der Waals surface area (Å²) in [4.78, 5) is 5.63. The van der Waals surface area contributed by atoms with Gasteiger partial charge in [-0.25, -0.2) is 4.99 Å². The van der Waals surface area contributed by atoms with Crippen molar-refractivity contribution in [2.24, 2.45) is 16.8 Å². The number of allylic oxidation sites excluding steroid dienone is 7. The molecule has 7 nitrogen and oxygen atoms in total. The maximum absolute atomic E-state index is 11.7. The first-order chi connectivity index (χ1) is 36.0. The van der Waals surface area contributed by atoms with E-state index in [1.807, 2.05) is 0 Å². The molecule has 5 aliphatic rings. The van der Waals surface area contributed by atoms with E-state index in [4.69, 9.17) is 4.99 Å². The summed E-state index contributed by atoms with van der Waals surface area (Å²) in [7, 11) is 0. The van der Waals surface area contributed by atoms with Gasteiger partial charge in [0.2, 0.25) is 0 Å². The fourth-order valence-electron chi connectivity index (χ4n) is 12.7. The number of hydrogen-bond acceptors (Lipinski definition) is 4. The molecule has 5 atom stereocenters. The summed E-state index contributed by atoms with van der Waals surface area (Å²) in [5.74, 6) is 0.373. The zero-order valence-corrected chi connectivity index (χ0v) is 41.1. The Kier molecular flexibility index (Phi) is 10.3. The second-order valence-electron chi connectivity index (χ2n) is 20.6. The van der Waals surface area contributed by atoms with Crippen LogP contribution in [0.25, 0.3) is 72.7 Å². The van der Waals surface area contributed by atoms with Crippen LogP contribution in [0.5, 0.6) is 0 Å². The summed E-state index contributed by atoms with van der Waals surface area (Å²) >= 11 is 0. The van der Waals surface area contributed by atoms with Crippen LogP contribution in [0.1, 0.15) is 77.6 Å². The number of hydrogen-bond donors (Lipinski definition) is 2. The Labute approximate surface area is 425 Å². The molecule has 5 unspecified atom stereocenters. The van der Waals surface area contributed by atoms with Crippen molar-refractivity contribution < 1.29 is 0 Å². The molecule has 73 heavy (non-hydrogen) atoms. The van der Waals surface area contributed by atoms with E-state index in [2.05, 4.69) is 238 Å². The van der Waals surface area contributed by atoms with E-state index in [0.29, 0.717) is 0 Å². The molecule has 6 aromatic carbocycles. The van der Waals surface area contributed by atoms with Crippen molar-refractivity contribution in [2.45, 2.75) is 64.3 Å². The lowest BCUT2D eigenvalue weighted by atomic mass is 9.86. The van der Waals surface area contributed by atoms with Gasteiger partial charge in [0.1, 0.15) is 12.0 Å². The number of benzene rings is 6. The highest BCUT2D eigenvalue weighted by Gasteiger charge is 2.38. The van der Waals surface area contributed by atoms with Gasteiger partial charge in [0.15, 0.2) is 0 Å². The number of rotatable bonds is 7. The highest BCUT2D eigenvalue weighted by molar-refractivity contribution is 6.15. The van der Waals surface area contributed by atoms with Crippen molar-refractivity contribution in [1.29, 1.82) is 5.26 Å². The quantitative estimate of drug-likeness (QED) is 0.167. The molecular formula is C66H55N7. The van der Waals surface area contributed by atoms with Gasteiger partial charge in [0.25, 0.3) is 0 Å². The van der Waals surface area contributed by atoms with E-state index in [-0.39, 0.29) is 24.3 Å². The monoisotopic (exact) mass is 945 g/mol. The molecule has 2 N–H and O–H groups in total. The average molecular weight is 946 g/mol. The van der Waals surface area contributed by atoms with Crippen molar-refractivity contribution in [1.82, 2.24) is 24.3 Å². The van der Waals surface area contributed by atoms with E-state index in [0.717, 1.165) is 77.0 Å². The second kappa shape index (κ2) is 17.4. The summed E-state index contributed by atoms with van der Waals surface area (Å²) in [6.45, 7) is 4.45. The molecule has 14 rings (SSSR count). The molecule has 9 aromatic rings. The molecule has 1 aliphatic heterocycles. The predicted molar refractivity (Wildman–Crippen MR) is 301 cm³/mol. The van der Waals surface area contributed by atoms with Crippen LogP contribution < -0.4 is 10.6 Å². The summed E-state index contributed by atoms with van der Waals surface area (Å²) in [6, 6.07) is 55.2. The molecule has 0 bridgehead atoms. The number of nitriles is 1. The topological polar surface area (TPSA) is 75.0 Å². The fourth-order valence-corrected chi connectivity index (χ4v) is 12.7. The van der Waals surface area contributed by atoms with Gasteiger partial charge < -0.3 is 19.0 Å². The Hall–Kier alpha value is -8.44. The Balaban J connectivity index is 0.998. The van der Waals surface area contributed by atoms with Crippen LogP contribution in [-0.4, -0.2) is 25.7 Å². The van der Waals surface area contributed by atoms with Gasteiger partial charge in [0, 0.05) is 66.8 Å². The lowest BCUT2D eigenvalue weighted by Gasteiger charge is -2.38. The summed E-state index contributed by atoms with van der Waals surface area (Å²) in [5.41, 5.74) is 19.2. The van der Waals surface area contributed by atoms with Crippen LogP contribution in [0.3, 0.4) is 0 Å². The Morgan fingerprint density at radius 3 is 2.27 bits per heavy atom. The predicted octanol–water partition coefficient (Wildman–Crippen LogP) is 14.7. The molecule has 0 saturated heterocycles. The van der Waals surface area contributed by atoms with Crippen molar-refractivity contribution in [2.75, 3.05) is 0 Å². The van der Waals surface area contributed by atoms with E-state index >= 15 is 0 Å². The van der Waals surface area contributed by atoms with E-state index in [1.165, 1.54) is 71.8 Å². The molecule has 0 spiro atoms. The van der Waals surface area contributed by atoms with Crippen LogP contribution in [0, 0.1) is 30.1 Å². The summed E-state index contributed by atoms with van der Waals surface area (Å²) in [6.07, 6.45) is 22.8. The van der Waals surface area contributed by atoms with Crippen LogP contribution in [-0.2, 0) is 12.8 Å². The van der Waals surface area contributed by atoms with Crippen LogP contribution >= 0.6 is 0 Å². The van der Waals surface area contributed by atoms with Gasteiger partial charge in [0.05, 0.1) is 46.4 Å². The zero-order chi connectivity index (χ0) is 48.7. The number of aromatic nitrogens is 3. The fraction of sp³-hybridized carbons (Fsp3) is 0.182. The van der Waals surface area contributed by atoms with E-state index in [1.54, 1.807) is 0 Å². The Morgan fingerprint density at radius 1 is 0.671 bits per heavy atom.